The number of hydrogen-bond acceptors (Lipinski definition) is 2. The Morgan fingerprint density at radius 3 is 2.00 bits per heavy atom. The third kappa shape index (κ3) is 2.89. The van der Waals surface area contributed by atoms with E-state index >= 15 is 0 Å². The first-order valence-electron chi connectivity index (χ1n) is 2.98. The summed E-state index contributed by atoms with van der Waals surface area (Å²) in [5.74, 6) is -1.77. The van der Waals surface area contributed by atoms with E-state index in [2.05, 4.69) is 0 Å². The van der Waals surface area contributed by atoms with Crippen LogP contribution < -0.4 is 0 Å². The molecule has 6 heteroatoms. The highest BCUT2D eigenvalue weighted by molar-refractivity contribution is 5.91. The lowest BCUT2D eigenvalue weighted by atomic mass is 9.89. The van der Waals surface area contributed by atoms with E-state index in [4.69, 9.17) is 5.11 Å². The average molecular weight is 184 g/mol. The summed E-state index contributed by atoms with van der Waals surface area (Å²) >= 11 is 0. The van der Waals surface area contributed by atoms with Crippen molar-refractivity contribution in [3.63, 3.8) is 0 Å². The summed E-state index contributed by atoms with van der Waals surface area (Å²) in [7, 11) is 0. The van der Waals surface area contributed by atoms with Gasteiger partial charge in [-0.2, -0.15) is 13.2 Å². The number of carbonyl (C=O) groups is 2. The van der Waals surface area contributed by atoms with Crippen LogP contribution in [-0.4, -0.2) is 23.5 Å². The molecule has 0 heterocycles. The molecule has 0 fully saturated rings. The molecule has 0 aliphatic rings. The van der Waals surface area contributed by atoms with Crippen molar-refractivity contribution in [1.29, 1.82) is 0 Å². The quantitative estimate of drug-likeness (QED) is 0.530. The van der Waals surface area contributed by atoms with E-state index in [9.17, 15) is 22.8 Å². The van der Waals surface area contributed by atoms with Gasteiger partial charge in [0, 0.05) is 0 Å². The third-order valence-electron chi connectivity index (χ3n) is 1.32. The highest BCUT2D eigenvalue weighted by Gasteiger charge is 2.44. The summed E-state index contributed by atoms with van der Waals surface area (Å²) < 4.78 is 35.0. The minimum Gasteiger partial charge on any atom is -0.481 e. The van der Waals surface area contributed by atoms with Gasteiger partial charge in [-0.3, -0.25) is 4.79 Å². The summed E-state index contributed by atoms with van der Waals surface area (Å²) in [6.07, 6.45) is -6.49. The number of carbonyl (C=O) groups excluding carboxylic acids is 1. The van der Waals surface area contributed by atoms with Crippen LogP contribution in [0.1, 0.15) is 13.3 Å². The molecule has 0 bridgehead atoms. The topological polar surface area (TPSA) is 54.4 Å². The van der Waals surface area contributed by atoms with Gasteiger partial charge >= 0.3 is 12.1 Å². The Bertz CT molecular complexity index is 199. The van der Waals surface area contributed by atoms with Gasteiger partial charge < -0.3 is 9.90 Å². The van der Waals surface area contributed by atoms with E-state index in [-0.39, 0.29) is 6.29 Å². The van der Waals surface area contributed by atoms with Crippen molar-refractivity contribution in [3.05, 3.63) is 0 Å². The van der Waals surface area contributed by atoms with Gasteiger partial charge in [0.05, 0.1) is 6.42 Å². The second-order valence-corrected chi connectivity index (χ2v) is 2.63. The largest absolute Gasteiger partial charge is 0.481 e. The van der Waals surface area contributed by atoms with Gasteiger partial charge in [-0.25, -0.2) is 0 Å². The van der Waals surface area contributed by atoms with Gasteiger partial charge in [-0.1, -0.05) is 0 Å². The Morgan fingerprint density at radius 2 is 1.92 bits per heavy atom. The van der Waals surface area contributed by atoms with Gasteiger partial charge in [-0.05, 0) is 6.92 Å². The lowest BCUT2D eigenvalue weighted by Crippen LogP contribution is -2.34. The predicted octanol–water partition coefficient (Wildman–Crippen LogP) is 1.23. The number of aldehydes is 1. The maximum Gasteiger partial charge on any atom is 0.390 e. The number of halogens is 3. The van der Waals surface area contributed by atoms with Crippen LogP contribution in [-0.2, 0) is 9.59 Å². The summed E-state index contributed by atoms with van der Waals surface area (Å²) in [6.45, 7) is 0.732. The van der Waals surface area contributed by atoms with Gasteiger partial charge in [0.15, 0.2) is 0 Å². The van der Waals surface area contributed by atoms with Crippen molar-refractivity contribution >= 4 is 12.3 Å². The molecular weight excluding hydrogens is 177 g/mol. The fourth-order valence-corrected chi connectivity index (χ4v) is 0.584. The zero-order valence-electron chi connectivity index (χ0n) is 6.18. The molecule has 0 aromatic heterocycles. The SMILES string of the molecule is CC(C=O)(CC(F)(F)F)C(=O)O. The number of carboxylic acid groups (broad SMARTS) is 1. The maximum atomic E-state index is 11.7. The van der Waals surface area contributed by atoms with Gasteiger partial charge in [0.2, 0.25) is 0 Å². The molecule has 0 saturated heterocycles. The fraction of sp³-hybridized carbons (Fsp3) is 0.667. The molecule has 0 aliphatic heterocycles. The monoisotopic (exact) mass is 184 g/mol. The minimum absolute atomic E-state index is 0.206. The van der Waals surface area contributed by atoms with Crippen LogP contribution in [0, 0.1) is 5.41 Å². The molecule has 0 aromatic rings. The first-order chi connectivity index (χ1) is 5.21. The van der Waals surface area contributed by atoms with E-state index in [0.29, 0.717) is 0 Å². The maximum absolute atomic E-state index is 11.7. The number of rotatable bonds is 3. The molecule has 0 spiro atoms. The molecule has 70 valence electrons. The molecule has 12 heavy (non-hydrogen) atoms. The molecule has 0 saturated carbocycles. The zero-order chi connectivity index (χ0) is 9.99. The normalized spacial score (nSPS) is 16.7. The van der Waals surface area contributed by atoms with E-state index in [1.54, 1.807) is 0 Å². The Balaban J connectivity index is 4.57. The first-order valence-corrected chi connectivity index (χ1v) is 2.98. The van der Waals surface area contributed by atoms with Crippen LogP contribution in [0.2, 0.25) is 0 Å². The van der Waals surface area contributed by atoms with Crippen LogP contribution in [0.3, 0.4) is 0 Å². The van der Waals surface area contributed by atoms with Crippen molar-refractivity contribution in [3.8, 4) is 0 Å². The van der Waals surface area contributed by atoms with Crippen LogP contribution in [0.4, 0.5) is 13.2 Å². The second kappa shape index (κ2) is 3.12. The third-order valence-corrected chi connectivity index (χ3v) is 1.32. The van der Waals surface area contributed by atoms with Crippen LogP contribution in [0.5, 0.6) is 0 Å². The van der Waals surface area contributed by atoms with Crippen LogP contribution in [0.25, 0.3) is 0 Å². The van der Waals surface area contributed by atoms with Crippen molar-refractivity contribution < 1.29 is 27.9 Å². The Hall–Kier alpha value is -1.07. The molecule has 0 amide bonds. The van der Waals surface area contributed by atoms with Gasteiger partial charge in [0.25, 0.3) is 0 Å². The smallest absolute Gasteiger partial charge is 0.390 e. The molecule has 1 unspecified atom stereocenters. The van der Waals surface area contributed by atoms with Gasteiger partial charge in [-0.15, -0.1) is 0 Å². The van der Waals surface area contributed by atoms with E-state index in [0.717, 1.165) is 6.92 Å². The Kier molecular flexibility index (Phi) is 2.84. The number of hydrogen-bond donors (Lipinski definition) is 1. The van der Waals surface area contributed by atoms with E-state index in [1.165, 1.54) is 0 Å². The number of carboxylic acids is 1. The summed E-state index contributed by atoms with van der Waals surface area (Å²) in [5, 5.41) is 8.26. The van der Waals surface area contributed by atoms with Gasteiger partial charge in [0.1, 0.15) is 11.7 Å². The van der Waals surface area contributed by atoms with Crippen molar-refractivity contribution in [2.24, 2.45) is 5.41 Å². The molecule has 0 rings (SSSR count). The minimum atomic E-state index is -4.64. The zero-order valence-corrected chi connectivity index (χ0v) is 6.18. The molecular formula is C6H7F3O3. The lowest BCUT2D eigenvalue weighted by Gasteiger charge is -2.18. The van der Waals surface area contributed by atoms with Crippen LogP contribution >= 0.6 is 0 Å². The van der Waals surface area contributed by atoms with Crippen molar-refractivity contribution in [2.45, 2.75) is 19.5 Å². The second-order valence-electron chi connectivity index (χ2n) is 2.63. The number of aliphatic carboxylic acids is 1. The summed E-state index contributed by atoms with van der Waals surface area (Å²) in [5.41, 5.74) is -2.36. The van der Waals surface area contributed by atoms with Crippen molar-refractivity contribution in [1.82, 2.24) is 0 Å². The average Bonchev–Trinajstić information content (AvgIpc) is 1.83. The molecule has 0 aliphatic carbocycles. The highest BCUT2D eigenvalue weighted by Crippen LogP contribution is 2.31. The summed E-state index contributed by atoms with van der Waals surface area (Å²) in [4.78, 5) is 20.3. The standard InChI is InChI=1S/C6H7F3O3/c1-5(3-10,4(11)12)2-6(7,8)9/h3H,2H2,1H3,(H,11,12). The molecule has 1 atom stereocenters. The number of alkyl halides is 3. The van der Waals surface area contributed by atoms with E-state index in [1.807, 2.05) is 0 Å². The van der Waals surface area contributed by atoms with Crippen LogP contribution in [0.15, 0.2) is 0 Å². The summed E-state index contributed by atoms with van der Waals surface area (Å²) in [6, 6.07) is 0. The lowest BCUT2D eigenvalue weighted by molar-refractivity contribution is -0.176. The van der Waals surface area contributed by atoms with Crippen molar-refractivity contribution in [2.75, 3.05) is 0 Å². The Labute approximate surface area is 66.2 Å². The molecule has 1 N–H and O–H groups in total. The van der Waals surface area contributed by atoms with E-state index < -0.39 is 24.0 Å². The fourth-order valence-electron chi connectivity index (χ4n) is 0.584. The molecule has 0 aromatic carbocycles. The highest BCUT2D eigenvalue weighted by atomic mass is 19.4. The predicted molar refractivity (Wildman–Crippen MR) is 32.5 cm³/mol. The first kappa shape index (κ1) is 10.9. The Morgan fingerprint density at radius 1 is 1.50 bits per heavy atom. The molecule has 0 radical (unpaired) electrons. The molecule has 3 nitrogen and oxygen atoms in total.